The highest BCUT2D eigenvalue weighted by Gasteiger charge is 2.76. The van der Waals surface area contributed by atoms with E-state index in [2.05, 4.69) is 29.1 Å². The zero-order valence-corrected chi connectivity index (χ0v) is 22.5. The number of rotatable bonds is 9. The van der Waals surface area contributed by atoms with Crippen LogP contribution in [0, 0.1) is 11.8 Å². The van der Waals surface area contributed by atoms with Gasteiger partial charge in [0.25, 0.3) is 5.91 Å². The first-order valence-electron chi connectivity index (χ1n) is 11.4. The Morgan fingerprint density at radius 1 is 1.40 bits per heavy atom. The molecule has 1 spiro atoms. The number of halogens is 2. The van der Waals surface area contributed by atoms with E-state index in [1.165, 1.54) is 27.6 Å². The van der Waals surface area contributed by atoms with Gasteiger partial charge in [-0.15, -0.1) is 18.3 Å². The second kappa shape index (κ2) is 10.3. The number of nitrogens with zero attached hydrogens (tertiary/aromatic N) is 2. The van der Waals surface area contributed by atoms with Crippen molar-refractivity contribution in [1.82, 2.24) is 4.90 Å². The molecule has 4 rings (SSSR count). The minimum absolute atomic E-state index is 0.0479. The Hall–Kier alpha value is -1.81. The summed E-state index contributed by atoms with van der Waals surface area (Å²) in [6, 6.07) is 5.50. The van der Waals surface area contributed by atoms with Crippen molar-refractivity contribution in [2.24, 2.45) is 11.8 Å². The number of amides is 2. The molecule has 7 atom stereocenters. The second-order valence-corrected chi connectivity index (χ2v) is 12.2. The van der Waals surface area contributed by atoms with E-state index in [-0.39, 0.29) is 41.6 Å². The normalized spacial score (nSPS) is 31.7. The van der Waals surface area contributed by atoms with Crippen LogP contribution in [0.25, 0.3) is 0 Å². The van der Waals surface area contributed by atoms with Crippen LogP contribution in [0.1, 0.15) is 13.3 Å². The van der Waals surface area contributed by atoms with Crippen LogP contribution in [0.5, 0.6) is 0 Å². The van der Waals surface area contributed by atoms with Crippen LogP contribution in [0.3, 0.4) is 0 Å². The molecule has 10 heteroatoms. The standard InChI is InChI=1S/C25H28BrClN2O5S/c1-4-10-28(17-9-7-6-8-16(17)27)23(32)21-25-12-15(26)20(35-25)18(24(33)34-11-5-2)19(25)22(31)29(21)14(3)13-30/h4-9,14-15,18-21,30H,1-2,10-13H2,3H3/t14-,15?,18-,19+,20-,21?,25?/m1/s1. The molecule has 3 heterocycles. The number of anilines is 1. The van der Waals surface area contributed by atoms with Crippen molar-refractivity contribution < 1.29 is 24.2 Å². The molecule has 2 amide bonds. The van der Waals surface area contributed by atoms with Gasteiger partial charge in [-0.25, -0.2) is 0 Å². The number of likely N-dealkylation sites (tertiary alicyclic amines) is 1. The van der Waals surface area contributed by atoms with E-state index in [4.69, 9.17) is 16.3 Å². The molecule has 0 saturated carbocycles. The molecule has 0 aromatic heterocycles. The summed E-state index contributed by atoms with van der Waals surface area (Å²) in [4.78, 5) is 44.3. The van der Waals surface area contributed by atoms with Crippen molar-refractivity contribution in [2.75, 3.05) is 24.7 Å². The van der Waals surface area contributed by atoms with Crippen LogP contribution >= 0.6 is 39.3 Å². The Morgan fingerprint density at radius 2 is 2.11 bits per heavy atom. The maximum atomic E-state index is 14.3. The zero-order valence-electron chi connectivity index (χ0n) is 19.3. The molecule has 1 N–H and O–H groups in total. The summed E-state index contributed by atoms with van der Waals surface area (Å²) in [6.45, 7) is 9.02. The van der Waals surface area contributed by atoms with Crippen LogP contribution in [-0.2, 0) is 19.1 Å². The first-order chi connectivity index (χ1) is 16.7. The zero-order chi connectivity index (χ0) is 25.5. The molecule has 3 unspecified atom stereocenters. The van der Waals surface area contributed by atoms with Crippen molar-refractivity contribution in [3.8, 4) is 0 Å². The lowest BCUT2D eigenvalue weighted by atomic mass is 9.71. The van der Waals surface area contributed by atoms with Crippen LogP contribution in [0.15, 0.2) is 49.6 Å². The third kappa shape index (κ3) is 4.14. The van der Waals surface area contributed by atoms with E-state index >= 15 is 0 Å². The summed E-state index contributed by atoms with van der Waals surface area (Å²) in [5.41, 5.74) is 0.512. The van der Waals surface area contributed by atoms with Crippen molar-refractivity contribution in [1.29, 1.82) is 0 Å². The summed E-state index contributed by atoms with van der Waals surface area (Å²) in [5, 5.41) is 10.2. The first-order valence-corrected chi connectivity index (χ1v) is 13.6. The largest absolute Gasteiger partial charge is 0.461 e. The van der Waals surface area contributed by atoms with Gasteiger partial charge in [-0.1, -0.05) is 58.4 Å². The third-order valence-corrected chi connectivity index (χ3v) is 10.6. The summed E-state index contributed by atoms with van der Waals surface area (Å²) >= 11 is 11.7. The van der Waals surface area contributed by atoms with E-state index in [1.54, 1.807) is 37.3 Å². The highest BCUT2D eigenvalue weighted by Crippen LogP contribution is 2.68. The quantitative estimate of drug-likeness (QED) is 0.272. The highest BCUT2D eigenvalue weighted by atomic mass is 79.9. The Labute approximate surface area is 222 Å². The number of para-hydroxylation sites is 1. The van der Waals surface area contributed by atoms with Crippen LogP contribution < -0.4 is 4.90 Å². The molecule has 35 heavy (non-hydrogen) atoms. The number of esters is 1. The van der Waals surface area contributed by atoms with E-state index in [1.807, 2.05) is 0 Å². The van der Waals surface area contributed by atoms with Crippen molar-refractivity contribution in [2.45, 2.75) is 40.3 Å². The summed E-state index contributed by atoms with van der Waals surface area (Å²) in [6.07, 6.45) is 3.62. The average molecular weight is 584 g/mol. The fourth-order valence-electron chi connectivity index (χ4n) is 5.67. The van der Waals surface area contributed by atoms with Gasteiger partial charge in [-0.3, -0.25) is 14.4 Å². The lowest BCUT2D eigenvalue weighted by Crippen LogP contribution is -2.57. The lowest BCUT2D eigenvalue weighted by Gasteiger charge is -2.39. The van der Waals surface area contributed by atoms with Gasteiger partial charge in [-0.2, -0.15) is 0 Å². The molecule has 188 valence electrons. The number of ether oxygens (including phenoxy) is 1. The van der Waals surface area contributed by atoms with E-state index in [9.17, 15) is 19.5 Å². The minimum Gasteiger partial charge on any atom is -0.461 e. The van der Waals surface area contributed by atoms with Gasteiger partial charge in [0.1, 0.15) is 12.6 Å². The number of benzene rings is 1. The maximum Gasteiger partial charge on any atom is 0.311 e. The predicted molar refractivity (Wildman–Crippen MR) is 141 cm³/mol. The number of thioether (sulfide) groups is 1. The topological polar surface area (TPSA) is 87.2 Å². The van der Waals surface area contributed by atoms with E-state index in [0.717, 1.165) is 0 Å². The Kier molecular flexibility index (Phi) is 7.71. The Morgan fingerprint density at radius 3 is 2.74 bits per heavy atom. The fourth-order valence-corrected chi connectivity index (χ4v) is 9.49. The third-order valence-electron chi connectivity index (χ3n) is 7.04. The van der Waals surface area contributed by atoms with Gasteiger partial charge in [0.05, 0.1) is 39.9 Å². The van der Waals surface area contributed by atoms with Crippen molar-refractivity contribution in [3.63, 3.8) is 0 Å². The molecule has 0 radical (unpaired) electrons. The molecule has 2 bridgehead atoms. The van der Waals surface area contributed by atoms with Gasteiger partial charge in [0, 0.05) is 16.6 Å². The molecule has 3 fully saturated rings. The summed E-state index contributed by atoms with van der Waals surface area (Å²) < 4.78 is 4.53. The smallest absolute Gasteiger partial charge is 0.311 e. The minimum atomic E-state index is -0.898. The lowest BCUT2D eigenvalue weighted by molar-refractivity contribution is -0.153. The Balaban J connectivity index is 1.82. The molecule has 7 nitrogen and oxygen atoms in total. The number of carbonyl (C=O) groups is 3. The number of alkyl halides is 1. The molecule has 3 aliphatic rings. The fraction of sp³-hybridized carbons (Fsp3) is 0.480. The summed E-state index contributed by atoms with van der Waals surface area (Å²) in [7, 11) is 0. The summed E-state index contributed by atoms with van der Waals surface area (Å²) in [5.74, 6) is -2.53. The van der Waals surface area contributed by atoms with Crippen LogP contribution in [0.2, 0.25) is 5.02 Å². The SMILES string of the molecule is C=CCOC(=O)[C@H]1[C@@H]2SC3(CC2Br)C(C(=O)N(CC=C)c2ccccc2Cl)N([C@H](C)CO)C(=O)[C@H]13. The van der Waals surface area contributed by atoms with Crippen molar-refractivity contribution in [3.05, 3.63) is 54.6 Å². The predicted octanol–water partition coefficient (Wildman–Crippen LogP) is 3.43. The maximum absolute atomic E-state index is 14.3. The van der Waals surface area contributed by atoms with Gasteiger partial charge in [-0.05, 0) is 25.5 Å². The number of aliphatic hydroxyl groups is 1. The number of fused-ring (bicyclic) bond motifs is 1. The Bertz CT molecular complexity index is 1060. The van der Waals surface area contributed by atoms with Gasteiger partial charge >= 0.3 is 5.97 Å². The number of carbonyl (C=O) groups excluding carboxylic acids is 3. The molecule has 1 aromatic carbocycles. The van der Waals surface area contributed by atoms with Crippen LogP contribution in [-0.4, -0.2) is 74.5 Å². The molecular weight excluding hydrogens is 556 g/mol. The highest BCUT2D eigenvalue weighted by molar-refractivity contribution is 9.09. The van der Waals surface area contributed by atoms with E-state index < -0.39 is 34.6 Å². The number of hydrogen-bond donors (Lipinski definition) is 1. The van der Waals surface area contributed by atoms with Crippen molar-refractivity contribution >= 4 is 62.8 Å². The molecule has 1 aromatic rings. The first kappa shape index (κ1) is 26.3. The van der Waals surface area contributed by atoms with Gasteiger partial charge in [0.15, 0.2) is 0 Å². The second-order valence-electron chi connectivity index (χ2n) is 9.05. The number of aliphatic hydroxyl groups excluding tert-OH is 1. The molecular formula is C25H28BrClN2O5S. The van der Waals surface area contributed by atoms with Gasteiger partial charge in [0.2, 0.25) is 5.91 Å². The molecule has 3 saturated heterocycles. The van der Waals surface area contributed by atoms with Crippen LogP contribution in [0.4, 0.5) is 5.69 Å². The van der Waals surface area contributed by atoms with Gasteiger partial charge < -0.3 is 19.6 Å². The molecule has 0 aliphatic carbocycles. The van der Waals surface area contributed by atoms with E-state index in [0.29, 0.717) is 17.1 Å². The monoisotopic (exact) mass is 582 g/mol. The average Bonchev–Trinajstić information content (AvgIpc) is 3.44. The number of hydrogen-bond acceptors (Lipinski definition) is 6. The molecule has 3 aliphatic heterocycles.